The number of anilines is 2. The zero-order valence-corrected chi connectivity index (χ0v) is 10.1. The number of rotatable bonds is 3. The SMILES string of the molecule is Fc1ccc(Nc2cccc(-n3cccn3)c2)cc1. The number of nitrogens with one attached hydrogen (secondary N) is 1. The molecule has 0 unspecified atom stereocenters. The molecule has 0 aliphatic rings. The molecule has 1 aromatic heterocycles. The van der Waals surface area contributed by atoms with Crippen LogP contribution >= 0.6 is 0 Å². The van der Waals surface area contributed by atoms with Gasteiger partial charge in [0, 0.05) is 23.8 Å². The van der Waals surface area contributed by atoms with Crippen molar-refractivity contribution in [2.24, 2.45) is 0 Å². The maximum atomic E-state index is 12.8. The van der Waals surface area contributed by atoms with Crippen LogP contribution in [0.5, 0.6) is 0 Å². The summed E-state index contributed by atoms with van der Waals surface area (Å²) in [6, 6.07) is 16.0. The average Bonchev–Trinajstić information content (AvgIpc) is 2.96. The Bertz CT molecular complexity index is 660. The summed E-state index contributed by atoms with van der Waals surface area (Å²) in [5.74, 6) is -0.240. The molecule has 19 heavy (non-hydrogen) atoms. The molecule has 0 spiro atoms. The highest BCUT2D eigenvalue weighted by atomic mass is 19.1. The van der Waals surface area contributed by atoms with E-state index in [0.717, 1.165) is 17.1 Å². The standard InChI is InChI=1S/C15H12FN3/c16-12-5-7-13(8-6-12)18-14-3-1-4-15(11-14)19-10-2-9-17-19/h1-11,18H. The maximum Gasteiger partial charge on any atom is 0.123 e. The third-order valence-corrected chi connectivity index (χ3v) is 2.75. The third kappa shape index (κ3) is 2.63. The monoisotopic (exact) mass is 253 g/mol. The summed E-state index contributed by atoms with van der Waals surface area (Å²) in [5.41, 5.74) is 2.75. The fourth-order valence-electron chi connectivity index (χ4n) is 1.85. The lowest BCUT2D eigenvalue weighted by Crippen LogP contribution is -1.96. The fourth-order valence-corrected chi connectivity index (χ4v) is 1.85. The largest absolute Gasteiger partial charge is 0.355 e. The average molecular weight is 253 g/mol. The molecular weight excluding hydrogens is 241 g/mol. The molecule has 0 saturated heterocycles. The maximum absolute atomic E-state index is 12.8. The lowest BCUT2D eigenvalue weighted by Gasteiger charge is -2.08. The zero-order valence-electron chi connectivity index (χ0n) is 10.1. The van der Waals surface area contributed by atoms with Crippen LogP contribution in [0.25, 0.3) is 5.69 Å². The number of nitrogens with zero attached hydrogens (tertiary/aromatic N) is 2. The van der Waals surface area contributed by atoms with Gasteiger partial charge in [-0.2, -0.15) is 5.10 Å². The van der Waals surface area contributed by atoms with Crippen LogP contribution in [0, 0.1) is 5.82 Å². The van der Waals surface area contributed by atoms with Crippen molar-refractivity contribution in [3.63, 3.8) is 0 Å². The molecule has 0 radical (unpaired) electrons. The lowest BCUT2D eigenvalue weighted by molar-refractivity contribution is 0.628. The van der Waals surface area contributed by atoms with Gasteiger partial charge >= 0.3 is 0 Å². The molecule has 0 aliphatic heterocycles. The smallest absolute Gasteiger partial charge is 0.123 e. The Hall–Kier alpha value is -2.62. The Labute approximate surface area is 110 Å². The molecule has 0 amide bonds. The van der Waals surface area contributed by atoms with Crippen LogP contribution in [0.1, 0.15) is 0 Å². The first-order chi connectivity index (χ1) is 9.31. The van der Waals surface area contributed by atoms with Gasteiger partial charge in [-0.1, -0.05) is 6.07 Å². The molecule has 3 rings (SSSR count). The van der Waals surface area contributed by atoms with E-state index in [-0.39, 0.29) is 5.82 Å². The van der Waals surface area contributed by atoms with Crippen molar-refractivity contribution in [2.75, 3.05) is 5.32 Å². The number of halogens is 1. The fraction of sp³-hybridized carbons (Fsp3) is 0. The second-order valence-corrected chi connectivity index (χ2v) is 4.13. The second-order valence-electron chi connectivity index (χ2n) is 4.13. The van der Waals surface area contributed by atoms with E-state index >= 15 is 0 Å². The van der Waals surface area contributed by atoms with Crippen molar-refractivity contribution in [3.05, 3.63) is 72.8 Å². The Morgan fingerprint density at radius 2 is 1.79 bits per heavy atom. The van der Waals surface area contributed by atoms with Crippen molar-refractivity contribution in [2.45, 2.75) is 0 Å². The summed E-state index contributed by atoms with van der Waals surface area (Å²) in [4.78, 5) is 0. The van der Waals surface area contributed by atoms with Gasteiger partial charge in [-0.15, -0.1) is 0 Å². The molecule has 3 aromatic rings. The highest BCUT2D eigenvalue weighted by Crippen LogP contribution is 2.19. The lowest BCUT2D eigenvalue weighted by atomic mass is 10.2. The molecule has 1 heterocycles. The van der Waals surface area contributed by atoms with Gasteiger partial charge in [-0.05, 0) is 48.5 Å². The van der Waals surface area contributed by atoms with Gasteiger partial charge in [0.05, 0.1) is 5.69 Å². The molecule has 1 N–H and O–H groups in total. The van der Waals surface area contributed by atoms with Gasteiger partial charge in [0.1, 0.15) is 5.82 Å². The van der Waals surface area contributed by atoms with Crippen molar-refractivity contribution >= 4 is 11.4 Å². The normalized spacial score (nSPS) is 10.4. The van der Waals surface area contributed by atoms with Gasteiger partial charge < -0.3 is 5.32 Å². The minimum absolute atomic E-state index is 0.240. The summed E-state index contributed by atoms with van der Waals surface area (Å²) in [5, 5.41) is 7.41. The van der Waals surface area contributed by atoms with Crippen LogP contribution in [-0.2, 0) is 0 Å². The molecule has 0 fully saturated rings. The Kier molecular flexibility index (Phi) is 2.98. The highest BCUT2D eigenvalue weighted by Gasteiger charge is 1.99. The summed E-state index contributed by atoms with van der Waals surface area (Å²) in [6.07, 6.45) is 3.62. The number of aromatic nitrogens is 2. The van der Waals surface area contributed by atoms with Crippen molar-refractivity contribution in [1.29, 1.82) is 0 Å². The summed E-state index contributed by atoms with van der Waals surface area (Å²) < 4.78 is 14.6. The first-order valence-electron chi connectivity index (χ1n) is 5.94. The van der Waals surface area contributed by atoms with E-state index in [4.69, 9.17) is 0 Å². The van der Waals surface area contributed by atoms with E-state index < -0.39 is 0 Å². The minimum atomic E-state index is -0.240. The number of benzene rings is 2. The molecule has 4 heteroatoms. The molecule has 0 saturated carbocycles. The van der Waals surface area contributed by atoms with E-state index in [1.54, 1.807) is 23.0 Å². The van der Waals surface area contributed by atoms with Crippen LogP contribution in [0.15, 0.2) is 67.0 Å². The van der Waals surface area contributed by atoms with Crippen LogP contribution < -0.4 is 5.32 Å². The highest BCUT2D eigenvalue weighted by molar-refractivity contribution is 5.61. The molecule has 0 atom stereocenters. The number of hydrogen-bond acceptors (Lipinski definition) is 2. The van der Waals surface area contributed by atoms with Crippen LogP contribution in [0.2, 0.25) is 0 Å². The van der Waals surface area contributed by atoms with E-state index in [2.05, 4.69) is 10.4 Å². The first kappa shape index (κ1) is 11.5. The van der Waals surface area contributed by atoms with E-state index in [9.17, 15) is 4.39 Å². The van der Waals surface area contributed by atoms with Crippen molar-refractivity contribution < 1.29 is 4.39 Å². The summed E-state index contributed by atoms with van der Waals surface area (Å²) in [7, 11) is 0. The molecule has 94 valence electrons. The second kappa shape index (κ2) is 4.94. The summed E-state index contributed by atoms with van der Waals surface area (Å²) >= 11 is 0. The van der Waals surface area contributed by atoms with E-state index in [1.165, 1.54) is 12.1 Å². The first-order valence-corrected chi connectivity index (χ1v) is 5.94. The molecular formula is C15H12FN3. The Morgan fingerprint density at radius 1 is 0.947 bits per heavy atom. The van der Waals surface area contributed by atoms with Gasteiger partial charge in [-0.25, -0.2) is 9.07 Å². The minimum Gasteiger partial charge on any atom is -0.355 e. The zero-order chi connectivity index (χ0) is 13.1. The van der Waals surface area contributed by atoms with Gasteiger partial charge in [0.15, 0.2) is 0 Å². The predicted octanol–water partition coefficient (Wildman–Crippen LogP) is 3.76. The van der Waals surface area contributed by atoms with Crippen LogP contribution in [-0.4, -0.2) is 9.78 Å². The third-order valence-electron chi connectivity index (χ3n) is 2.75. The van der Waals surface area contributed by atoms with Crippen molar-refractivity contribution in [3.8, 4) is 5.69 Å². The molecule has 2 aromatic carbocycles. The number of hydrogen-bond donors (Lipinski definition) is 1. The van der Waals surface area contributed by atoms with Gasteiger partial charge in [0.2, 0.25) is 0 Å². The predicted molar refractivity (Wildman–Crippen MR) is 73.2 cm³/mol. The van der Waals surface area contributed by atoms with Crippen LogP contribution in [0.3, 0.4) is 0 Å². The molecule has 0 aliphatic carbocycles. The Balaban J connectivity index is 1.85. The Morgan fingerprint density at radius 3 is 2.53 bits per heavy atom. The summed E-state index contributed by atoms with van der Waals surface area (Å²) in [6.45, 7) is 0. The quantitative estimate of drug-likeness (QED) is 0.770. The molecule has 0 bridgehead atoms. The van der Waals surface area contributed by atoms with Crippen molar-refractivity contribution in [1.82, 2.24) is 9.78 Å². The van der Waals surface area contributed by atoms with E-state index in [0.29, 0.717) is 0 Å². The van der Waals surface area contributed by atoms with Gasteiger partial charge in [0.25, 0.3) is 0 Å². The van der Waals surface area contributed by atoms with Gasteiger partial charge in [-0.3, -0.25) is 0 Å². The van der Waals surface area contributed by atoms with Crippen LogP contribution in [0.4, 0.5) is 15.8 Å². The van der Waals surface area contributed by atoms with E-state index in [1.807, 2.05) is 36.5 Å². The molecule has 3 nitrogen and oxygen atoms in total. The topological polar surface area (TPSA) is 29.9 Å².